The second-order valence-electron chi connectivity index (χ2n) is 9.33. The predicted octanol–water partition coefficient (Wildman–Crippen LogP) is 6.15. The van der Waals surface area contributed by atoms with Crippen molar-refractivity contribution in [3.63, 3.8) is 0 Å². The second-order valence-corrected chi connectivity index (χ2v) is 12.9. The fraction of sp³-hybridized carbons (Fsp3) is 0.700. The van der Waals surface area contributed by atoms with Gasteiger partial charge >= 0.3 is 6.18 Å². The highest BCUT2D eigenvalue weighted by molar-refractivity contribution is 9.10. The van der Waals surface area contributed by atoms with Crippen LogP contribution in [0.1, 0.15) is 66.5 Å². The Hall–Kier alpha value is -0.373. The molecule has 0 bridgehead atoms. The van der Waals surface area contributed by atoms with Gasteiger partial charge in [0.1, 0.15) is 6.04 Å². The van der Waals surface area contributed by atoms with Crippen molar-refractivity contribution >= 4 is 25.7 Å². The van der Waals surface area contributed by atoms with E-state index in [1.54, 1.807) is 12.1 Å². The van der Waals surface area contributed by atoms with Crippen LogP contribution < -0.4 is 5.32 Å². The molecule has 2 atom stereocenters. The minimum absolute atomic E-state index is 0.0768. The number of nitrogens with one attached hydrogen (secondary N) is 1. The van der Waals surface area contributed by atoms with Crippen molar-refractivity contribution in [1.82, 2.24) is 5.32 Å². The molecule has 0 aliphatic heterocycles. The van der Waals surface area contributed by atoms with Crippen LogP contribution in [0.5, 0.6) is 0 Å². The van der Waals surface area contributed by atoms with Crippen LogP contribution in [0.2, 0.25) is 5.04 Å². The predicted molar refractivity (Wildman–Crippen MR) is 113 cm³/mol. The van der Waals surface area contributed by atoms with E-state index in [9.17, 15) is 13.2 Å². The zero-order valence-corrected chi connectivity index (χ0v) is 20.4. The minimum Gasteiger partial charge on any atom is -0.417 e. The standard InChI is InChI=1S/C20H33BrF3NOSi/c1-13(2)11-16(19(6,7)26-27-18(3,4)5)25-17(20(22,23)24)14-9-8-10-15(21)12-14/h8-10,12-13,16-17,25H,11,27H2,1-7H3/t16-,17-/m0/s1. The number of benzene rings is 1. The van der Waals surface area contributed by atoms with Crippen LogP contribution in [0, 0.1) is 5.92 Å². The molecular weight excluding hydrogens is 435 g/mol. The number of halogens is 4. The van der Waals surface area contributed by atoms with Gasteiger partial charge in [0.25, 0.3) is 0 Å². The van der Waals surface area contributed by atoms with Gasteiger partial charge in [-0.15, -0.1) is 0 Å². The Morgan fingerprint density at radius 1 is 1.11 bits per heavy atom. The summed E-state index contributed by atoms with van der Waals surface area (Å²) in [6.07, 6.45) is -3.79. The van der Waals surface area contributed by atoms with Crippen molar-refractivity contribution in [3.05, 3.63) is 34.3 Å². The first-order chi connectivity index (χ1) is 12.1. The number of alkyl halides is 3. The molecule has 1 rings (SSSR count). The van der Waals surface area contributed by atoms with Crippen molar-refractivity contribution < 1.29 is 17.6 Å². The second kappa shape index (κ2) is 9.42. The lowest BCUT2D eigenvalue weighted by atomic mass is 9.89. The molecule has 0 unspecified atom stereocenters. The summed E-state index contributed by atoms with van der Waals surface area (Å²) < 4.78 is 48.5. The van der Waals surface area contributed by atoms with Gasteiger partial charge < -0.3 is 4.43 Å². The summed E-state index contributed by atoms with van der Waals surface area (Å²) in [5.41, 5.74) is -0.478. The molecule has 1 aromatic rings. The first-order valence-corrected chi connectivity index (χ1v) is 11.4. The molecule has 0 heterocycles. The van der Waals surface area contributed by atoms with Crippen molar-refractivity contribution in [2.75, 3.05) is 0 Å². The van der Waals surface area contributed by atoms with Crippen LogP contribution in [0.25, 0.3) is 0 Å². The van der Waals surface area contributed by atoms with Crippen molar-refractivity contribution in [3.8, 4) is 0 Å². The molecule has 27 heavy (non-hydrogen) atoms. The molecule has 0 fully saturated rings. The number of hydrogen-bond acceptors (Lipinski definition) is 2. The Labute approximate surface area is 172 Å². The normalized spacial score (nSPS) is 16.3. The van der Waals surface area contributed by atoms with Crippen LogP contribution in [-0.2, 0) is 4.43 Å². The van der Waals surface area contributed by atoms with Crippen LogP contribution in [0.15, 0.2) is 28.7 Å². The fourth-order valence-electron chi connectivity index (χ4n) is 2.79. The van der Waals surface area contributed by atoms with E-state index in [4.69, 9.17) is 4.43 Å². The Balaban J connectivity index is 3.16. The molecule has 1 aromatic carbocycles. The summed E-state index contributed by atoms with van der Waals surface area (Å²) in [4.78, 5) is 0. The van der Waals surface area contributed by atoms with E-state index in [1.165, 1.54) is 12.1 Å². The van der Waals surface area contributed by atoms with Crippen molar-refractivity contribution in [2.24, 2.45) is 5.92 Å². The molecule has 0 amide bonds. The van der Waals surface area contributed by atoms with Gasteiger partial charge in [-0.25, -0.2) is 0 Å². The van der Waals surface area contributed by atoms with Crippen LogP contribution in [0.4, 0.5) is 13.2 Å². The third-order valence-electron chi connectivity index (χ3n) is 4.30. The summed E-state index contributed by atoms with van der Waals surface area (Å²) in [7, 11) is -0.897. The molecule has 0 saturated carbocycles. The maximum atomic E-state index is 13.9. The quantitative estimate of drug-likeness (QED) is 0.462. The van der Waals surface area contributed by atoms with E-state index >= 15 is 0 Å². The van der Waals surface area contributed by atoms with Gasteiger partial charge in [-0.1, -0.05) is 62.7 Å². The monoisotopic (exact) mass is 467 g/mol. The lowest BCUT2D eigenvalue weighted by Gasteiger charge is -2.41. The average Bonchev–Trinajstić information content (AvgIpc) is 2.47. The van der Waals surface area contributed by atoms with Gasteiger partial charge in [-0.2, -0.15) is 13.2 Å². The lowest BCUT2D eigenvalue weighted by molar-refractivity contribution is -0.163. The molecule has 0 saturated heterocycles. The Bertz CT molecular complexity index is 600. The molecule has 7 heteroatoms. The number of hydrogen-bond donors (Lipinski definition) is 1. The SMILES string of the molecule is CC(C)C[C@H](N[C@@H](c1cccc(Br)c1)C(F)(F)F)C(C)(C)O[SiH2]C(C)(C)C. The average molecular weight is 468 g/mol. The topological polar surface area (TPSA) is 21.3 Å². The Kier molecular flexibility index (Phi) is 8.60. The summed E-state index contributed by atoms with van der Waals surface area (Å²) in [6.45, 7) is 14.2. The zero-order chi connectivity index (χ0) is 21.0. The highest BCUT2D eigenvalue weighted by Gasteiger charge is 2.44. The fourth-order valence-corrected chi connectivity index (χ4v) is 4.22. The molecule has 156 valence electrons. The highest BCUT2D eigenvalue weighted by atomic mass is 79.9. The molecule has 0 spiro atoms. The maximum absolute atomic E-state index is 13.9. The van der Waals surface area contributed by atoms with Crippen LogP contribution in [-0.4, -0.2) is 27.6 Å². The molecule has 1 N–H and O–H groups in total. The van der Waals surface area contributed by atoms with E-state index < -0.39 is 33.6 Å². The van der Waals surface area contributed by atoms with E-state index in [2.05, 4.69) is 42.0 Å². The molecular formula is C20H33BrF3NOSi. The van der Waals surface area contributed by atoms with Gasteiger partial charge in [0.05, 0.1) is 5.60 Å². The molecule has 0 radical (unpaired) electrons. The summed E-state index contributed by atoms with van der Waals surface area (Å²) >= 11 is 3.28. The largest absolute Gasteiger partial charge is 0.417 e. The molecule has 0 aliphatic rings. The van der Waals surface area contributed by atoms with Gasteiger partial charge in [-0.05, 0) is 48.9 Å². The Morgan fingerprint density at radius 3 is 2.15 bits per heavy atom. The van der Waals surface area contributed by atoms with E-state index in [1.807, 2.05) is 27.7 Å². The maximum Gasteiger partial charge on any atom is 0.407 e. The van der Waals surface area contributed by atoms with E-state index in [0.717, 1.165) is 0 Å². The highest BCUT2D eigenvalue weighted by Crippen LogP contribution is 2.36. The summed E-state index contributed by atoms with van der Waals surface area (Å²) in [6, 6.07) is 4.24. The van der Waals surface area contributed by atoms with E-state index in [0.29, 0.717) is 10.9 Å². The van der Waals surface area contributed by atoms with Crippen LogP contribution in [0.3, 0.4) is 0 Å². The van der Waals surface area contributed by atoms with Gasteiger partial charge in [0, 0.05) is 10.5 Å². The molecule has 2 nitrogen and oxygen atoms in total. The zero-order valence-electron chi connectivity index (χ0n) is 17.4. The minimum atomic E-state index is -4.40. The molecule has 0 aliphatic carbocycles. The van der Waals surface area contributed by atoms with Crippen molar-refractivity contribution in [1.29, 1.82) is 0 Å². The number of rotatable bonds is 8. The lowest BCUT2D eigenvalue weighted by Crippen LogP contribution is -2.53. The summed E-state index contributed by atoms with van der Waals surface area (Å²) in [5, 5.41) is 2.97. The van der Waals surface area contributed by atoms with E-state index in [-0.39, 0.29) is 16.5 Å². The first-order valence-electron chi connectivity index (χ1n) is 9.34. The van der Waals surface area contributed by atoms with Crippen molar-refractivity contribution in [2.45, 2.75) is 83.8 Å². The van der Waals surface area contributed by atoms with Gasteiger partial charge in [-0.3, -0.25) is 5.32 Å². The smallest absolute Gasteiger partial charge is 0.407 e. The third-order valence-corrected chi connectivity index (χ3v) is 6.55. The van der Waals surface area contributed by atoms with Gasteiger partial charge in [0.15, 0.2) is 9.76 Å². The summed E-state index contributed by atoms with van der Waals surface area (Å²) in [5.74, 6) is 0.248. The third kappa shape index (κ3) is 8.67. The van der Waals surface area contributed by atoms with Gasteiger partial charge in [0.2, 0.25) is 0 Å². The molecule has 0 aromatic heterocycles. The van der Waals surface area contributed by atoms with Crippen LogP contribution >= 0.6 is 15.9 Å². The Morgan fingerprint density at radius 2 is 1.70 bits per heavy atom. The first kappa shape index (κ1) is 24.7.